The highest BCUT2D eigenvalue weighted by Crippen LogP contribution is 2.17. The maximum Gasteiger partial charge on any atom is 0.124 e. The molecule has 4 heteroatoms. The fourth-order valence-electron chi connectivity index (χ4n) is 1.70. The first-order chi connectivity index (χ1) is 7.11. The Morgan fingerprint density at radius 1 is 1.53 bits per heavy atom. The molecule has 0 amide bonds. The minimum atomic E-state index is 0.0795. The summed E-state index contributed by atoms with van der Waals surface area (Å²) in [5.74, 6) is 1.43. The molecule has 0 radical (unpaired) electrons. The number of nitrogens with zero attached hydrogens (tertiary/aromatic N) is 2. The lowest BCUT2D eigenvalue weighted by Crippen LogP contribution is -2.12. The normalized spacial score (nSPS) is 11.1. The van der Waals surface area contributed by atoms with Gasteiger partial charge in [0.25, 0.3) is 0 Å². The standard InChI is InChI=1S/C11H14N4/c1-7(2)11-14-6-9-8(10(12)13)4-3-5-15(9)11/h3-7H,1-2H3,(H3,12,13). The third kappa shape index (κ3) is 1.48. The van der Waals surface area contributed by atoms with Gasteiger partial charge >= 0.3 is 0 Å². The van der Waals surface area contributed by atoms with Crippen LogP contribution >= 0.6 is 0 Å². The minimum absolute atomic E-state index is 0.0795. The van der Waals surface area contributed by atoms with Crippen LogP contribution in [-0.2, 0) is 0 Å². The van der Waals surface area contributed by atoms with Gasteiger partial charge in [0, 0.05) is 17.7 Å². The summed E-state index contributed by atoms with van der Waals surface area (Å²) in [5, 5.41) is 7.47. The van der Waals surface area contributed by atoms with Crippen molar-refractivity contribution in [1.29, 1.82) is 5.41 Å². The van der Waals surface area contributed by atoms with E-state index in [1.807, 2.05) is 22.7 Å². The van der Waals surface area contributed by atoms with Gasteiger partial charge in [0.2, 0.25) is 0 Å². The van der Waals surface area contributed by atoms with Crippen molar-refractivity contribution < 1.29 is 0 Å². The Bertz CT molecular complexity index is 510. The van der Waals surface area contributed by atoms with Gasteiger partial charge in [-0.15, -0.1) is 0 Å². The number of pyridine rings is 1. The lowest BCUT2D eigenvalue weighted by molar-refractivity contribution is 0.770. The van der Waals surface area contributed by atoms with Crippen molar-refractivity contribution in [2.75, 3.05) is 0 Å². The van der Waals surface area contributed by atoms with Gasteiger partial charge in [0.15, 0.2) is 0 Å². The van der Waals surface area contributed by atoms with Gasteiger partial charge in [-0.05, 0) is 12.1 Å². The predicted octanol–water partition coefficient (Wildman–Crippen LogP) is 1.74. The summed E-state index contributed by atoms with van der Waals surface area (Å²) in [6, 6.07) is 3.72. The lowest BCUT2D eigenvalue weighted by atomic mass is 10.2. The topological polar surface area (TPSA) is 67.2 Å². The summed E-state index contributed by atoms with van der Waals surface area (Å²) < 4.78 is 1.99. The number of amidine groups is 1. The zero-order valence-electron chi connectivity index (χ0n) is 8.86. The molecule has 0 aromatic carbocycles. The highest BCUT2D eigenvalue weighted by Gasteiger charge is 2.10. The van der Waals surface area contributed by atoms with Crippen LogP contribution < -0.4 is 5.73 Å². The minimum Gasteiger partial charge on any atom is -0.384 e. The number of nitrogens with one attached hydrogen (secondary N) is 1. The zero-order chi connectivity index (χ0) is 11.0. The lowest BCUT2D eigenvalue weighted by Gasteiger charge is -2.06. The van der Waals surface area contributed by atoms with Crippen molar-refractivity contribution in [3.63, 3.8) is 0 Å². The van der Waals surface area contributed by atoms with Crippen LogP contribution in [0.25, 0.3) is 5.52 Å². The van der Waals surface area contributed by atoms with Gasteiger partial charge in [0.05, 0.1) is 11.7 Å². The molecule has 2 aromatic heterocycles. The molecule has 0 atom stereocenters. The second-order valence-electron chi connectivity index (χ2n) is 3.86. The van der Waals surface area contributed by atoms with E-state index in [0.29, 0.717) is 5.92 Å². The molecule has 0 spiro atoms. The SMILES string of the molecule is CC(C)c1ncc2c(C(=N)N)cccn12. The van der Waals surface area contributed by atoms with Gasteiger partial charge in [-0.3, -0.25) is 5.41 Å². The summed E-state index contributed by atoms with van der Waals surface area (Å²) in [7, 11) is 0. The van der Waals surface area contributed by atoms with E-state index in [0.717, 1.165) is 16.9 Å². The Hall–Kier alpha value is -1.84. The molecule has 0 aliphatic rings. The van der Waals surface area contributed by atoms with E-state index in [1.54, 1.807) is 6.20 Å². The van der Waals surface area contributed by atoms with Crippen molar-refractivity contribution in [3.8, 4) is 0 Å². The molecular weight excluding hydrogens is 188 g/mol. The van der Waals surface area contributed by atoms with Crippen molar-refractivity contribution in [3.05, 3.63) is 35.9 Å². The monoisotopic (exact) mass is 202 g/mol. The van der Waals surface area contributed by atoms with Crippen molar-refractivity contribution in [1.82, 2.24) is 9.38 Å². The van der Waals surface area contributed by atoms with Crippen LogP contribution in [0.4, 0.5) is 0 Å². The second kappa shape index (κ2) is 3.38. The molecule has 0 bridgehead atoms. The maximum atomic E-state index is 7.47. The molecule has 0 saturated carbocycles. The summed E-state index contributed by atoms with van der Waals surface area (Å²) >= 11 is 0. The first-order valence-electron chi connectivity index (χ1n) is 4.91. The Morgan fingerprint density at radius 3 is 2.87 bits per heavy atom. The Kier molecular flexibility index (Phi) is 2.19. The van der Waals surface area contributed by atoms with Gasteiger partial charge in [-0.25, -0.2) is 4.98 Å². The number of nitrogens with two attached hydrogens (primary N) is 1. The first kappa shape index (κ1) is 9.71. The van der Waals surface area contributed by atoms with E-state index in [4.69, 9.17) is 11.1 Å². The zero-order valence-corrected chi connectivity index (χ0v) is 8.86. The number of rotatable bonds is 2. The van der Waals surface area contributed by atoms with E-state index in [-0.39, 0.29) is 5.84 Å². The third-order valence-electron chi connectivity index (χ3n) is 2.41. The van der Waals surface area contributed by atoms with Crippen LogP contribution in [0.15, 0.2) is 24.5 Å². The quantitative estimate of drug-likeness (QED) is 0.575. The van der Waals surface area contributed by atoms with Crippen LogP contribution in [0.3, 0.4) is 0 Å². The van der Waals surface area contributed by atoms with Gasteiger partial charge in [-0.1, -0.05) is 13.8 Å². The van der Waals surface area contributed by atoms with Crippen LogP contribution in [0.2, 0.25) is 0 Å². The molecule has 15 heavy (non-hydrogen) atoms. The first-order valence-corrected chi connectivity index (χ1v) is 4.91. The summed E-state index contributed by atoms with van der Waals surface area (Å²) in [6.07, 6.45) is 3.72. The van der Waals surface area contributed by atoms with Gasteiger partial charge in [0.1, 0.15) is 11.7 Å². The average molecular weight is 202 g/mol. The third-order valence-corrected chi connectivity index (χ3v) is 2.41. The van der Waals surface area contributed by atoms with Crippen molar-refractivity contribution in [2.24, 2.45) is 5.73 Å². The molecule has 78 valence electrons. The van der Waals surface area contributed by atoms with E-state index < -0.39 is 0 Å². The molecule has 2 rings (SSSR count). The van der Waals surface area contributed by atoms with E-state index >= 15 is 0 Å². The molecule has 0 unspecified atom stereocenters. The number of imidazole rings is 1. The van der Waals surface area contributed by atoms with Gasteiger partial charge in [-0.2, -0.15) is 0 Å². The van der Waals surface area contributed by atoms with E-state index in [1.165, 1.54) is 0 Å². The molecule has 2 heterocycles. The highest BCUT2D eigenvalue weighted by molar-refractivity contribution is 6.01. The van der Waals surface area contributed by atoms with Crippen LogP contribution in [-0.4, -0.2) is 15.2 Å². The fraction of sp³-hybridized carbons (Fsp3) is 0.273. The largest absolute Gasteiger partial charge is 0.384 e. The number of nitrogen functional groups attached to an aromatic ring is 1. The van der Waals surface area contributed by atoms with Crippen LogP contribution in [0.1, 0.15) is 31.2 Å². The molecule has 0 aliphatic heterocycles. The molecule has 0 fully saturated rings. The number of aromatic nitrogens is 2. The van der Waals surface area contributed by atoms with E-state index in [2.05, 4.69) is 18.8 Å². The molecule has 0 aliphatic carbocycles. The second-order valence-corrected chi connectivity index (χ2v) is 3.86. The maximum absolute atomic E-state index is 7.47. The molecule has 0 saturated heterocycles. The smallest absolute Gasteiger partial charge is 0.124 e. The van der Waals surface area contributed by atoms with Crippen molar-refractivity contribution >= 4 is 11.4 Å². The Labute approximate surface area is 88.3 Å². The number of fused-ring (bicyclic) bond motifs is 1. The summed E-state index contributed by atoms with van der Waals surface area (Å²) in [5.41, 5.74) is 7.14. The molecule has 3 N–H and O–H groups in total. The Morgan fingerprint density at radius 2 is 2.27 bits per heavy atom. The highest BCUT2D eigenvalue weighted by atomic mass is 15.0. The molecular formula is C11H14N4. The number of hydrogen-bond acceptors (Lipinski definition) is 2. The van der Waals surface area contributed by atoms with Gasteiger partial charge < -0.3 is 10.1 Å². The summed E-state index contributed by atoms with van der Waals surface area (Å²) in [4.78, 5) is 4.35. The molecule has 4 nitrogen and oxygen atoms in total. The Balaban J connectivity index is 2.74. The summed E-state index contributed by atoms with van der Waals surface area (Å²) in [6.45, 7) is 4.18. The predicted molar refractivity (Wildman–Crippen MR) is 60.3 cm³/mol. The van der Waals surface area contributed by atoms with E-state index in [9.17, 15) is 0 Å². The van der Waals surface area contributed by atoms with Crippen LogP contribution in [0.5, 0.6) is 0 Å². The fourth-order valence-corrected chi connectivity index (χ4v) is 1.70. The van der Waals surface area contributed by atoms with Crippen molar-refractivity contribution in [2.45, 2.75) is 19.8 Å². The number of hydrogen-bond donors (Lipinski definition) is 2. The average Bonchev–Trinajstić information content (AvgIpc) is 2.59. The van der Waals surface area contributed by atoms with Crippen LogP contribution in [0, 0.1) is 5.41 Å². The molecule has 2 aromatic rings.